The van der Waals surface area contributed by atoms with Crippen LogP contribution in [0.2, 0.25) is 0 Å². The Morgan fingerprint density at radius 3 is 2.71 bits per heavy atom. The fourth-order valence-electron chi connectivity index (χ4n) is 4.86. The summed E-state index contributed by atoms with van der Waals surface area (Å²) in [6, 6.07) is 6.36. The molecule has 3 aromatic rings. The van der Waals surface area contributed by atoms with Gasteiger partial charge in [-0.3, -0.25) is 19.5 Å². The van der Waals surface area contributed by atoms with Crippen molar-refractivity contribution in [3.8, 4) is 17.2 Å². The van der Waals surface area contributed by atoms with Gasteiger partial charge in [0.15, 0.2) is 23.4 Å². The van der Waals surface area contributed by atoms with Gasteiger partial charge in [0.1, 0.15) is 5.75 Å². The topological polar surface area (TPSA) is 115 Å². The number of hydrogen-bond acceptors (Lipinski definition) is 9. The van der Waals surface area contributed by atoms with Gasteiger partial charge in [0.25, 0.3) is 11.2 Å². The van der Waals surface area contributed by atoms with E-state index in [1.807, 2.05) is 0 Å². The lowest BCUT2D eigenvalue weighted by Gasteiger charge is -2.21. The zero-order valence-electron chi connectivity index (χ0n) is 21.4. The van der Waals surface area contributed by atoms with Gasteiger partial charge in [0, 0.05) is 41.6 Å². The number of benzene rings is 2. The lowest BCUT2D eigenvalue weighted by molar-refractivity contribution is -0.385. The quantitative estimate of drug-likeness (QED) is 0.116. The summed E-state index contributed by atoms with van der Waals surface area (Å²) in [6.07, 6.45) is 7.52. The molecule has 1 aliphatic heterocycles. The summed E-state index contributed by atoms with van der Waals surface area (Å²) in [5.74, 6) is 1.86. The van der Waals surface area contributed by atoms with Gasteiger partial charge in [-0.05, 0) is 38.2 Å². The maximum Gasteiger partial charge on any atom is 0.270 e. The lowest BCUT2D eigenvalue weighted by Crippen LogP contribution is -2.24. The summed E-state index contributed by atoms with van der Waals surface area (Å²) in [7, 11) is 3.07. The third-order valence-electron chi connectivity index (χ3n) is 6.81. The predicted molar refractivity (Wildman–Crippen MR) is 143 cm³/mol. The number of fused-ring (bicyclic) bond motifs is 2. The number of aromatic nitrogens is 2. The zero-order valence-corrected chi connectivity index (χ0v) is 22.2. The van der Waals surface area contributed by atoms with Crippen LogP contribution in [-0.2, 0) is 23.6 Å². The highest BCUT2D eigenvalue weighted by Gasteiger charge is 2.22. The van der Waals surface area contributed by atoms with E-state index in [-0.39, 0.29) is 24.6 Å². The van der Waals surface area contributed by atoms with Gasteiger partial charge in [0.05, 0.1) is 36.7 Å². The second kappa shape index (κ2) is 11.4. The van der Waals surface area contributed by atoms with Crippen molar-refractivity contribution in [2.75, 3.05) is 21.0 Å². The molecule has 1 aromatic heterocycles. The van der Waals surface area contributed by atoms with E-state index >= 15 is 0 Å². The van der Waals surface area contributed by atoms with Gasteiger partial charge >= 0.3 is 0 Å². The molecule has 0 N–H and O–H groups in total. The van der Waals surface area contributed by atoms with E-state index in [4.69, 9.17) is 23.9 Å². The second-order valence-electron chi connectivity index (χ2n) is 9.18. The number of nitro groups is 1. The summed E-state index contributed by atoms with van der Waals surface area (Å²) < 4.78 is 23.6. The molecular formula is C27H29N3O7S. The molecule has 0 unspecified atom stereocenters. The Kier molecular flexibility index (Phi) is 7.85. The smallest absolute Gasteiger partial charge is 0.270 e. The van der Waals surface area contributed by atoms with E-state index in [1.165, 1.54) is 50.1 Å². The molecule has 1 aliphatic carbocycles. The van der Waals surface area contributed by atoms with Crippen LogP contribution in [0.25, 0.3) is 10.9 Å². The number of rotatable bonds is 9. The summed E-state index contributed by atoms with van der Waals surface area (Å²) in [5, 5.41) is 12.5. The first-order valence-corrected chi connectivity index (χ1v) is 13.4. The normalized spacial score (nSPS) is 14.9. The standard InChI is InChI=1S/C27H29N3O7S/c1-34-23-12-21-22(13-24(23)35-2)28-27(29(26(21)31)9-8-17-6-4-3-5-7-17)38-15-19-11-20(30(32)33)10-18-14-36-16-37-25(18)19/h6,10-13H,3-5,7-9,14-16H2,1-2H3. The third kappa shape index (κ3) is 5.34. The van der Waals surface area contributed by atoms with Gasteiger partial charge in [-0.2, -0.15) is 0 Å². The highest BCUT2D eigenvalue weighted by atomic mass is 32.2. The first-order chi connectivity index (χ1) is 18.5. The average molecular weight is 540 g/mol. The minimum atomic E-state index is -0.426. The molecule has 0 amide bonds. The Bertz CT molecular complexity index is 1470. The van der Waals surface area contributed by atoms with E-state index in [9.17, 15) is 14.9 Å². The minimum absolute atomic E-state index is 0.0293. The molecule has 2 heterocycles. The average Bonchev–Trinajstić information content (AvgIpc) is 2.95. The fourth-order valence-corrected chi connectivity index (χ4v) is 5.85. The number of thioether (sulfide) groups is 1. The van der Waals surface area contributed by atoms with Gasteiger partial charge < -0.3 is 18.9 Å². The number of allylic oxidation sites excluding steroid dienone is 2. The van der Waals surface area contributed by atoms with E-state index in [1.54, 1.807) is 16.7 Å². The van der Waals surface area contributed by atoms with Crippen LogP contribution in [0.3, 0.4) is 0 Å². The molecule has 0 spiro atoms. The number of non-ortho nitro benzene ring substituents is 1. The van der Waals surface area contributed by atoms with Crippen LogP contribution in [0.5, 0.6) is 17.2 Å². The Morgan fingerprint density at radius 2 is 1.97 bits per heavy atom. The Balaban J connectivity index is 1.54. The van der Waals surface area contributed by atoms with E-state index < -0.39 is 4.92 Å². The second-order valence-corrected chi connectivity index (χ2v) is 10.1. The van der Waals surface area contributed by atoms with Crippen LogP contribution in [0.1, 0.15) is 43.2 Å². The summed E-state index contributed by atoms with van der Waals surface area (Å²) in [4.78, 5) is 29.7. The summed E-state index contributed by atoms with van der Waals surface area (Å²) in [5.41, 5.74) is 2.94. The van der Waals surface area contributed by atoms with Crippen LogP contribution < -0.4 is 19.8 Å². The lowest BCUT2D eigenvalue weighted by atomic mass is 9.97. The largest absolute Gasteiger partial charge is 0.493 e. The maximum absolute atomic E-state index is 13.7. The SMILES string of the molecule is COc1cc2nc(SCc3cc([N+](=O)[O-])cc4c3OCOC4)n(CCC3=CCCCC3)c(=O)c2cc1OC. The first kappa shape index (κ1) is 26.1. The first-order valence-electron chi connectivity index (χ1n) is 12.5. The van der Waals surface area contributed by atoms with Crippen molar-refractivity contribution in [1.82, 2.24) is 9.55 Å². The van der Waals surface area contributed by atoms with Crippen LogP contribution in [0.4, 0.5) is 5.69 Å². The van der Waals surface area contributed by atoms with Crippen molar-refractivity contribution in [1.29, 1.82) is 0 Å². The highest BCUT2D eigenvalue weighted by Crippen LogP contribution is 2.37. The summed E-state index contributed by atoms with van der Waals surface area (Å²) >= 11 is 1.35. The van der Waals surface area contributed by atoms with Crippen molar-refractivity contribution in [2.45, 2.75) is 56.2 Å². The molecule has 0 bridgehead atoms. The van der Waals surface area contributed by atoms with Crippen LogP contribution >= 0.6 is 11.8 Å². The molecule has 0 fully saturated rings. The Labute approximate surface area is 223 Å². The van der Waals surface area contributed by atoms with E-state index in [2.05, 4.69) is 6.08 Å². The Morgan fingerprint density at radius 1 is 1.16 bits per heavy atom. The minimum Gasteiger partial charge on any atom is -0.493 e. The maximum atomic E-state index is 13.7. The molecular weight excluding hydrogens is 510 g/mol. The zero-order chi connectivity index (χ0) is 26.6. The van der Waals surface area contributed by atoms with Gasteiger partial charge in [-0.1, -0.05) is 23.4 Å². The molecule has 0 atom stereocenters. The van der Waals surface area contributed by atoms with Crippen molar-refractivity contribution >= 4 is 28.4 Å². The van der Waals surface area contributed by atoms with Crippen LogP contribution in [-0.4, -0.2) is 35.5 Å². The number of nitrogens with zero attached hydrogens (tertiary/aromatic N) is 3. The van der Waals surface area contributed by atoms with Crippen molar-refractivity contribution in [2.24, 2.45) is 0 Å². The number of hydrogen-bond donors (Lipinski definition) is 0. The molecule has 200 valence electrons. The van der Waals surface area contributed by atoms with E-state index in [0.717, 1.165) is 25.7 Å². The fraction of sp³-hybridized carbons (Fsp3) is 0.407. The van der Waals surface area contributed by atoms with Gasteiger partial charge in [-0.15, -0.1) is 0 Å². The molecule has 0 saturated heterocycles. The third-order valence-corrected chi connectivity index (χ3v) is 7.83. The molecule has 2 aliphatic rings. The van der Waals surface area contributed by atoms with Crippen molar-refractivity contribution in [3.05, 3.63) is 67.5 Å². The van der Waals surface area contributed by atoms with Crippen LogP contribution in [0, 0.1) is 10.1 Å². The molecule has 11 heteroatoms. The molecule has 0 saturated carbocycles. The predicted octanol–water partition coefficient (Wildman–Crippen LogP) is 5.37. The summed E-state index contributed by atoms with van der Waals surface area (Å²) in [6.45, 7) is 0.810. The van der Waals surface area contributed by atoms with Crippen LogP contribution in [0.15, 0.2) is 45.9 Å². The molecule has 2 aromatic carbocycles. The molecule has 38 heavy (non-hydrogen) atoms. The van der Waals surface area contributed by atoms with Gasteiger partial charge in [-0.25, -0.2) is 4.98 Å². The number of nitro benzene ring substituents is 1. The number of ether oxygens (including phenoxy) is 4. The van der Waals surface area contributed by atoms with E-state index in [0.29, 0.717) is 56.7 Å². The Hall–Kier alpha value is -3.57. The van der Waals surface area contributed by atoms with Crippen molar-refractivity contribution < 1.29 is 23.9 Å². The van der Waals surface area contributed by atoms with Gasteiger partial charge in [0.2, 0.25) is 0 Å². The number of methoxy groups -OCH3 is 2. The molecule has 0 radical (unpaired) electrons. The highest BCUT2D eigenvalue weighted by molar-refractivity contribution is 7.98. The van der Waals surface area contributed by atoms with Crippen molar-refractivity contribution in [3.63, 3.8) is 0 Å². The molecule has 10 nitrogen and oxygen atoms in total. The monoisotopic (exact) mass is 539 g/mol. The molecule has 5 rings (SSSR count).